The molecule has 0 N–H and O–H groups in total. The van der Waals surface area contributed by atoms with E-state index < -0.39 is 11.7 Å². The van der Waals surface area contributed by atoms with Crippen molar-refractivity contribution in [1.29, 1.82) is 0 Å². The van der Waals surface area contributed by atoms with E-state index in [-0.39, 0.29) is 12.0 Å². The Kier molecular flexibility index (Phi) is 12.7. The predicted molar refractivity (Wildman–Crippen MR) is 132 cm³/mol. The second-order valence-corrected chi connectivity index (χ2v) is 8.68. The monoisotopic (exact) mass is 442 g/mol. The first kappa shape index (κ1) is 26.1. The molecule has 0 aromatic heterocycles. The van der Waals surface area contributed by atoms with E-state index in [0.717, 1.165) is 37.7 Å². The zero-order valence-corrected chi connectivity index (χ0v) is 20.0. The van der Waals surface area contributed by atoms with E-state index in [1.165, 1.54) is 37.7 Å². The van der Waals surface area contributed by atoms with E-state index in [0.29, 0.717) is 18.8 Å². The second kappa shape index (κ2) is 15.6. The Morgan fingerprint density at radius 1 is 0.656 bits per heavy atom. The highest BCUT2D eigenvalue weighted by molar-refractivity contribution is 5.61. The van der Waals surface area contributed by atoms with Gasteiger partial charge in [0, 0.05) is 12.0 Å². The first-order valence-corrected chi connectivity index (χ1v) is 12.5. The lowest BCUT2D eigenvalue weighted by molar-refractivity contribution is 0.306. The number of allylic oxidation sites excluding steroid dienone is 1. The Morgan fingerprint density at radius 3 is 1.84 bits per heavy atom. The van der Waals surface area contributed by atoms with Crippen molar-refractivity contribution >= 4 is 5.83 Å². The highest BCUT2D eigenvalue weighted by Crippen LogP contribution is 2.27. The quantitative estimate of drug-likeness (QED) is 0.235. The minimum atomic E-state index is -0.752. The second-order valence-electron chi connectivity index (χ2n) is 8.68. The van der Waals surface area contributed by atoms with Crippen LogP contribution in [0, 0.1) is 0 Å². The summed E-state index contributed by atoms with van der Waals surface area (Å²) in [5, 5.41) is 0. The van der Waals surface area contributed by atoms with Gasteiger partial charge in [-0.1, -0.05) is 89.5 Å². The SMILES string of the molecule is CCCCCCC/C(F)=C(/F)c1ccc(OCc2ccc(CCCCCCC)cc2)cc1. The molecule has 0 radical (unpaired) electrons. The summed E-state index contributed by atoms with van der Waals surface area (Å²) < 4.78 is 34.3. The molecule has 0 aliphatic heterocycles. The zero-order chi connectivity index (χ0) is 23.0. The molecule has 0 atom stereocenters. The predicted octanol–water partition coefficient (Wildman–Crippen LogP) is 9.75. The maximum absolute atomic E-state index is 14.3. The molecule has 0 aliphatic rings. The topological polar surface area (TPSA) is 9.23 Å². The van der Waals surface area contributed by atoms with Crippen molar-refractivity contribution in [3.63, 3.8) is 0 Å². The third kappa shape index (κ3) is 9.97. The van der Waals surface area contributed by atoms with Crippen molar-refractivity contribution in [2.24, 2.45) is 0 Å². The largest absolute Gasteiger partial charge is 0.489 e. The van der Waals surface area contributed by atoms with Crippen LogP contribution in [0.25, 0.3) is 5.83 Å². The number of rotatable bonds is 16. The number of halogens is 2. The maximum Gasteiger partial charge on any atom is 0.161 e. The van der Waals surface area contributed by atoms with Gasteiger partial charge in [-0.3, -0.25) is 0 Å². The van der Waals surface area contributed by atoms with Gasteiger partial charge in [-0.15, -0.1) is 0 Å². The molecule has 0 aliphatic carbocycles. The molecule has 0 fully saturated rings. The molecule has 0 saturated carbocycles. The fourth-order valence-electron chi connectivity index (χ4n) is 3.75. The first-order valence-electron chi connectivity index (χ1n) is 12.5. The number of benzene rings is 2. The standard InChI is InChI=1S/C29H40F2O/c1-3-5-7-9-11-13-24-15-17-25(18-16-24)23-32-27-21-19-26(20-22-27)29(31)28(30)14-12-10-8-6-4-2/h15-22H,3-14,23H2,1-2H3/b29-28-. The average molecular weight is 443 g/mol. The Morgan fingerprint density at radius 2 is 1.22 bits per heavy atom. The van der Waals surface area contributed by atoms with E-state index in [2.05, 4.69) is 38.1 Å². The number of unbranched alkanes of at least 4 members (excludes halogenated alkanes) is 8. The van der Waals surface area contributed by atoms with Crippen molar-refractivity contribution in [1.82, 2.24) is 0 Å². The van der Waals surface area contributed by atoms with Gasteiger partial charge in [-0.2, -0.15) is 0 Å². The van der Waals surface area contributed by atoms with Gasteiger partial charge in [0.15, 0.2) is 5.83 Å². The van der Waals surface area contributed by atoms with E-state index in [1.807, 2.05) is 0 Å². The van der Waals surface area contributed by atoms with Crippen LogP contribution in [0.5, 0.6) is 5.75 Å². The third-order valence-electron chi connectivity index (χ3n) is 5.84. The van der Waals surface area contributed by atoms with Gasteiger partial charge in [-0.05, 0) is 54.7 Å². The Hall–Kier alpha value is -2.16. The van der Waals surface area contributed by atoms with Crippen LogP contribution in [0.4, 0.5) is 8.78 Å². The molecular weight excluding hydrogens is 402 g/mol. The molecular formula is C29H40F2O. The summed E-state index contributed by atoms with van der Waals surface area (Å²) in [5.74, 6) is -0.750. The van der Waals surface area contributed by atoms with E-state index >= 15 is 0 Å². The van der Waals surface area contributed by atoms with Crippen LogP contribution in [0.15, 0.2) is 54.4 Å². The van der Waals surface area contributed by atoms with E-state index in [4.69, 9.17) is 4.74 Å². The summed E-state index contributed by atoms with van der Waals surface area (Å²) in [4.78, 5) is 0. The smallest absolute Gasteiger partial charge is 0.161 e. The van der Waals surface area contributed by atoms with Crippen LogP contribution in [0.1, 0.15) is 101 Å². The molecule has 3 heteroatoms. The fraction of sp³-hybridized carbons (Fsp3) is 0.517. The zero-order valence-electron chi connectivity index (χ0n) is 20.0. The fourth-order valence-corrected chi connectivity index (χ4v) is 3.75. The van der Waals surface area contributed by atoms with Gasteiger partial charge in [0.05, 0.1) is 0 Å². The van der Waals surface area contributed by atoms with Crippen molar-refractivity contribution in [2.45, 2.75) is 97.5 Å². The summed E-state index contributed by atoms with van der Waals surface area (Å²) in [5.41, 5.74) is 2.74. The van der Waals surface area contributed by atoms with Crippen LogP contribution < -0.4 is 4.74 Å². The third-order valence-corrected chi connectivity index (χ3v) is 5.84. The minimum Gasteiger partial charge on any atom is -0.489 e. The van der Waals surface area contributed by atoms with Crippen LogP contribution in [0.3, 0.4) is 0 Å². The Bertz CT molecular complexity index is 778. The summed E-state index contributed by atoms with van der Waals surface area (Å²) in [6.45, 7) is 4.84. The average Bonchev–Trinajstić information content (AvgIpc) is 2.83. The maximum atomic E-state index is 14.3. The molecule has 32 heavy (non-hydrogen) atoms. The van der Waals surface area contributed by atoms with Crippen LogP contribution in [-0.2, 0) is 13.0 Å². The lowest BCUT2D eigenvalue weighted by Crippen LogP contribution is -1.96. The van der Waals surface area contributed by atoms with Gasteiger partial charge in [0.1, 0.15) is 18.2 Å². The number of aryl methyl sites for hydroxylation is 1. The number of hydrogen-bond acceptors (Lipinski definition) is 1. The minimum absolute atomic E-state index is 0.169. The molecule has 176 valence electrons. The lowest BCUT2D eigenvalue weighted by atomic mass is 10.0. The van der Waals surface area contributed by atoms with E-state index in [9.17, 15) is 8.78 Å². The molecule has 2 rings (SSSR count). The molecule has 1 nitrogen and oxygen atoms in total. The lowest BCUT2D eigenvalue weighted by Gasteiger charge is -2.08. The van der Waals surface area contributed by atoms with Crippen molar-refractivity contribution in [2.75, 3.05) is 0 Å². The summed E-state index contributed by atoms with van der Waals surface area (Å²) in [6.07, 6.45) is 12.8. The van der Waals surface area contributed by atoms with Gasteiger partial charge >= 0.3 is 0 Å². The molecule has 0 bridgehead atoms. The highest BCUT2D eigenvalue weighted by atomic mass is 19.2. The molecule has 0 heterocycles. The van der Waals surface area contributed by atoms with Crippen LogP contribution in [0.2, 0.25) is 0 Å². The number of ether oxygens (including phenoxy) is 1. The summed E-state index contributed by atoms with van der Waals surface area (Å²) in [6, 6.07) is 15.1. The molecule has 0 unspecified atom stereocenters. The molecule has 0 spiro atoms. The summed E-state index contributed by atoms with van der Waals surface area (Å²) in [7, 11) is 0. The number of hydrogen-bond donors (Lipinski definition) is 0. The molecule has 0 amide bonds. The Balaban J connectivity index is 1.76. The van der Waals surface area contributed by atoms with Gasteiger partial charge < -0.3 is 4.74 Å². The van der Waals surface area contributed by atoms with Gasteiger partial charge in [0.25, 0.3) is 0 Å². The van der Waals surface area contributed by atoms with Gasteiger partial charge in [-0.25, -0.2) is 8.78 Å². The normalized spacial score (nSPS) is 12.0. The first-order chi connectivity index (χ1) is 15.6. The van der Waals surface area contributed by atoms with Crippen LogP contribution in [-0.4, -0.2) is 0 Å². The van der Waals surface area contributed by atoms with Crippen molar-refractivity contribution < 1.29 is 13.5 Å². The van der Waals surface area contributed by atoms with Crippen molar-refractivity contribution in [3.05, 3.63) is 71.0 Å². The Labute approximate surface area is 193 Å². The highest BCUT2D eigenvalue weighted by Gasteiger charge is 2.09. The van der Waals surface area contributed by atoms with Crippen LogP contribution >= 0.6 is 0 Å². The summed E-state index contributed by atoms with van der Waals surface area (Å²) >= 11 is 0. The molecule has 2 aromatic carbocycles. The molecule has 2 aromatic rings. The van der Waals surface area contributed by atoms with Gasteiger partial charge in [0.2, 0.25) is 0 Å². The van der Waals surface area contributed by atoms with E-state index in [1.54, 1.807) is 24.3 Å². The molecule has 0 saturated heterocycles. The van der Waals surface area contributed by atoms with Crippen molar-refractivity contribution in [3.8, 4) is 5.75 Å².